The lowest BCUT2D eigenvalue weighted by Crippen LogP contribution is -2.40. The highest BCUT2D eigenvalue weighted by Gasteiger charge is 2.25. The molecule has 1 nitrogen and oxygen atoms in total. The smallest absolute Gasteiger partial charge is 0.00717 e. The summed E-state index contributed by atoms with van der Waals surface area (Å²) in [5.74, 6) is 0.844. The molecule has 0 aromatic rings. The molecule has 1 atom stereocenters. The highest BCUT2D eigenvalue weighted by Crippen LogP contribution is 2.30. The molecule has 1 saturated heterocycles. The zero-order valence-electron chi connectivity index (χ0n) is 9.85. The third-order valence-electron chi connectivity index (χ3n) is 3.52. The van der Waals surface area contributed by atoms with E-state index < -0.39 is 0 Å². The number of likely N-dealkylation sites (tertiary alicyclic amines) is 1. The van der Waals surface area contributed by atoms with Crippen LogP contribution in [0.4, 0.5) is 0 Å². The van der Waals surface area contributed by atoms with Gasteiger partial charge in [0.25, 0.3) is 0 Å². The highest BCUT2D eigenvalue weighted by molar-refractivity contribution is 9.09. The second-order valence-corrected chi connectivity index (χ2v) is 6.04. The molecular formula is C12H24BrN. The summed E-state index contributed by atoms with van der Waals surface area (Å²) >= 11 is 3.60. The fourth-order valence-electron chi connectivity index (χ4n) is 1.99. The van der Waals surface area contributed by atoms with Crippen LogP contribution in [0.5, 0.6) is 0 Å². The van der Waals surface area contributed by atoms with Gasteiger partial charge in [-0.15, -0.1) is 0 Å². The first kappa shape index (κ1) is 12.5. The Labute approximate surface area is 97.4 Å². The quantitative estimate of drug-likeness (QED) is 0.700. The van der Waals surface area contributed by atoms with Crippen LogP contribution in [0.3, 0.4) is 0 Å². The minimum Gasteiger partial charge on any atom is -0.303 e. The highest BCUT2D eigenvalue weighted by atomic mass is 79.9. The summed E-state index contributed by atoms with van der Waals surface area (Å²) in [6.45, 7) is 11.0. The third kappa shape index (κ3) is 3.90. The first-order valence-electron chi connectivity index (χ1n) is 5.85. The number of hydrogen-bond donors (Lipinski definition) is 0. The normalized spacial score (nSPS) is 24.9. The second-order valence-electron chi connectivity index (χ2n) is 5.39. The van der Waals surface area contributed by atoms with Gasteiger partial charge in [0.15, 0.2) is 0 Å². The van der Waals surface area contributed by atoms with Gasteiger partial charge in [-0.1, -0.05) is 43.1 Å². The predicted octanol–water partition coefficient (Wildman–Crippen LogP) is 3.53. The summed E-state index contributed by atoms with van der Waals surface area (Å²) in [5.41, 5.74) is 0.590. The van der Waals surface area contributed by atoms with Gasteiger partial charge in [-0.05, 0) is 37.3 Å². The lowest BCUT2D eigenvalue weighted by Gasteiger charge is -2.38. The van der Waals surface area contributed by atoms with Gasteiger partial charge in [-0.25, -0.2) is 0 Å². The van der Waals surface area contributed by atoms with E-state index in [9.17, 15) is 0 Å². The van der Waals surface area contributed by atoms with Crippen LogP contribution in [0.2, 0.25) is 0 Å². The minimum absolute atomic E-state index is 0.590. The number of piperidine rings is 1. The Morgan fingerprint density at radius 1 is 1.29 bits per heavy atom. The van der Waals surface area contributed by atoms with Crippen LogP contribution in [0.15, 0.2) is 0 Å². The van der Waals surface area contributed by atoms with Crippen molar-refractivity contribution in [2.75, 3.05) is 25.0 Å². The zero-order valence-corrected chi connectivity index (χ0v) is 11.4. The van der Waals surface area contributed by atoms with Crippen molar-refractivity contribution in [1.82, 2.24) is 4.90 Å². The van der Waals surface area contributed by atoms with E-state index in [-0.39, 0.29) is 0 Å². The molecule has 0 aliphatic carbocycles. The summed E-state index contributed by atoms with van der Waals surface area (Å²) in [6, 6.07) is 0. The Balaban J connectivity index is 2.28. The molecule has 84 valence electrons. The molecule has 2 heteroatoms. The molecule has 1 fully saturated rings. The summed E-state index contributed by atoms with van der Waals surface area (Å²) in [7, 11) is 0. The van der Waals surface area contributed by atoms with Gasteiger partial charge in [0, 0.05) is 11.9 Å². The van der Waals surface area contributed by atoms with E-state index in [0.717, 1.165) is 11.2 Å². The Bertz CT molecular complexity index is 154. The van der Waals surface area contributed by atoms with Crippen LogP contribution in [-0.4, -0.2) is 29.9 Å². The minimum atomic E-state index is 0.590. The van der Waals surface area contributed by atoms with E-state index in [1.165, 1.54) is 38.9 Å². The molecule has 0 saturated carbocycles. The molecule has 1 aliphatic rings. The van der Waals surface area contributed by atoms with Gasteiger partial charge in [-0.3, -0.25) is 0 Å². The molecule has 0 N–H and O–H groups in total. The van der Waals surface area contributed by atoms with Gasteiger partial charge in [0.05, 0.1) is 0 Å². The van der Waals surface area contributed by atoms with Crippen molar-refractivity contribution >= 4 is 15.9 Å². The monoisotopic (exact) mass is 261 g/mol. The average Bonchev–Trinajstić information content (AvgIpc) is 2.16. The number of hydrogen-bond acceptors (Lipinski definition) is 1. The molecule has 1 aliphatic heterocycles. The van der Waals surface area contributed by atoms with Gasteiger partial charge in [-0.2, -0.15) is 0 Å². The molecule has 0 radical (unpaired) electrons. The first-order valence-corrected chi connectivity index (χ1v) is 6.98. The van der Waals surface area contributed by atoms with E-state index in [2.05, 4.69) is 41.6 Å². The molecule has 1 rings (SSSR count). The molecule has 0 amide bonds. The summed E-state index contributed by atoms with van der Waals surface area (Å²) < 4.78 is 0. The summed E-state index contributed by atoms with van der Waals surface area (Å²) in [6.07, 6.45) is 4.03. The Morgan fingerprint density at radius 2 is 1.86 bits per heavy atom. The number of nitrogens with zero attached hydrogens (tertiary/aromatic N) is 1. The van der Waals surface area contributed by atoms with Crippen molar-refractivity contribution in [3.05, 3.63) is 0 Å². The number of halogens is 1. The van der Waals surface area contributed by atoms with E-state index in [4.69, 9.17) is 0 Å². The fraction of sp³-hybridized carbons (Fsp3) is 1.00. The van der Waals surface area contributed by atoms with Crippen LogP contribution in [0, 0.1) is 11.3 Å². The van der Waals surface area contributed by atoms with Crippen molar-refractivity contribution in [3.8, 4) is 0 Å². The molecule has 1 unspecified atom stereocenters. The summed E-state index contributed by atoms with van der Waals surface area (Å²) in [5, 5.41) is 1.16. The van der Waals surface area contributed by atoms with Crippen molar-refractivity contribution < 1.29 is 0 Å². The van der Waals surface area contributed by atoms with Gasteiger partial charge >= 0.3 is 0 Å². The Kier molecular flexibility index (Phi) is 4.92. The maximum Gasteiger partial charge on any atom is 0.00717 e. The van der Waals surface area contributed by atoms with E-state index in [1.807, 2.05) is 0 Å². The first-order chi connectivity index (χ1) is 6.57. The molecule has 0 aromatic heterocycles. The molecule has 0 aromatic carbocycles. The SMILES string of the molecule is CCC(CBr)CN1CCC(C)(C)CC1. The van der Waals surface area contributed by atoms with Crippen molar-refractivity contribution in [1.29, 1.82) is 0 Å². The molecule has 0 bridgehead atoms. The topological polar surface area (TPSA) is 3.24 Å². The lowest BCUT2D eigenvalue weighted by atomic mass is 9.82. The van der Waals surface area contributed by atoms with Crippen LogP contribution < -0.4 is 0 Å². The zero-order chi connectivity index (χ0) is 10.6. The standard InChI is InChI=1S/C12H24BrN/c1-4-11(9-13)10-14-7-5-12(2,3)6-8-14/h11H,4-10H2,1-3H3. The van der Waals surface area contributed by atoms with Crippen molar-refractivity contribution in [2.24, 2.45) is 11.3 Å². The second kappa shape index (κ2) is 5.50. The fourth-order valence-corrected chi connectivity index (χ4v) is 2.66. The van der Waals surface area contributed by atoms with E-state index >= 15 is 0 Å². The van der Waals surface area contributed by atoms with Crippen LogP contribution in [-0.2, 0) is 0 Å². The Hall–Kier alpha value is 0.440. The lowest BCUT2D eigenvalue weighted by molar-refractivity contribution is 0.119. The van der Waals surface area contributed by atoms with Gasteiger partial charge < -0.3 is 4.90 Å². The largest absolute Gasteiger partial charge is 0.303 e. The molecule has 14 heavy (non-hydrogen) atoms. The third-order valence-corrected chi connectivity index (χ3v) is 4.44. The Morgan fingerprint density at radius 3 is 2.29 bits per heavy atom. The van der Waals surface area contributed by atoms with Crippen LogP contribution in [0.25, 0.3) is 0 Å². The molecule has 0 spiro atoms. The van der Waals surface area contributed by atoms with E-state index in [0.29, 0.717) is 5.41 Å². The number of rotatable bonds is 4. The maximum absolute atomic E-state index is 3.60. The van der Waals surface area contributed by atoms with Gasteiger partial charge in [0.1, 0.15) is 0 Å². The average molecular weight is 262 g/mol. The van der Waals surface area contributed by atoms with E-state index in [1.54, 1.807) is 0 Å². The predicted molar refractivity (Wildman–Crippen MR) is 67.0 cm³/mol. The van der Waals surface area contributed by atoms with Crippen molar-refractivity contribution in [3.63, 3.8) is 0 Å². The van der Waals surface area contributed by atoms with Crippen LogP contribution in [0.1, 0.15) is 40.0 Å². The summed E-state index contributed by atoms with van der Waals surface area (Å²) in [4.78, 5) is 2.64. The molecule has 1 heterocycles. The maximum atomic E-state index is 3.60. The number of alkyl halides is 1. The van der Waals surface area contributed by atoms with Crippen LogP contribution >= 0.6 is 15.9 Å². The molecular weight excluding hydrogens is 238 g/mol. The van der Waals surface area contributed by atoms with Gasteiger partial charge in [0.2, 0.25) is 0 Å². The van der Waals surface area contributed by atoms with Crippen molar-refractivity contribution in [2.45, 2.75) is 40.0 Å².